The molecule has 3 rings (SSSR count). The van der Waals surface area contributed by atoms with Gasteiger partial charge in [0.25, 0.3) is 0 Å². The maximum absolute atomic E-state index is 10.9. The van der Waals surface area contributed by atoms with Crippen molar-refractivity contribution in [3.8, 4) is 0 Å². The molecule has 1 aromatic heterocycles. The molecule has 1 aliphatic heterocycles. The van der Waals surface area contributed by atoms with Gasteiger partial charge < -0.3 is 9.52 Å². The van der Waals surface area contributed by atoms with Crippen molar-refractivity contribution in [2.75, 3.05) is 11.4 Å². The lowest BCUT2D eigenvalue weighted by molar-refractivity contribution is 0.0690. The normalized spacial score (nSPS) is 18.2. The monoisotopic (exact) mass is 258 g/mol. The number of rotatable bonds is 2. The molecule has 1 atom stereocenters. The van der Waals surface area contributed by atoms with Crippen molar-refractivity contribution in [3.05, 3.63) is 41.8 Å². The number of benzene rings is 1. The molecule has 19 heavy (non-hydrogen) atoms. The summed E-state index contributed by atoms with van der Waals surface area (Å²) in [5, 5.41) is 8.90. The molecule has 1 N–H and O–H groups in total. The summed E-state index contributed by atoms with van der Waals surface area (Å²) in [6.45, 7) is 2.93. The summed E-state index contributed by atoms with van der Waals surface area (Å²) >= 11 is 0. The van der Waals surface area contributed by atoms with E-state index in [4.69, 9.17) is 9.52 Å². The molecule has 1 aromatic carbocycles. The highest BCUT2D eigenvalue weighted by atomic mass is 16.4. The highest BCUT2D eigenvalue weighted by Gasteiger charge is 2.26. The average molecular weight is 258 g/mol. The molecule has 2 aromatic rings. The Morgan fingerprint density at radius 2 is 2.26 bits per heavy atom. The lowest BCUT2D eigenvalue weighted by Crippen LogP contribution is -2.30. The quantitative estimate of drug-likeness (QED) is 0.897. The van der Waals surface area contributed by atoms with Gasteiger partial charge in [-0.05, 0) is 24.0 Å². The fraction of sp³-hybridized carbons (Fsp3) is 0.286. The molecule has 1 unspecified atom stereocenters. The van der Waals surface area contributed by atoms with E-state index in [1.165, 1.54) is 11.8 Å². The molecule has 1 aliphatic rings. The molecule has 0 aliphatic carbocycles. The van der Waals surface area contributed by atoms with E-state index in [0.717, 1.165) is 18.7 Å². The van der Waals surface area contributed by atoms with Crippen molar-refractivity contribution < 1.29 is 14.3 Å². The number of para-hydroxylation sites is 1. The zero-order chi connectivity index (χ0) is 13.4. The SMILES string of the molecule is CC1Cc2ccccc2N(c2nc(C(=O)O)co2)C1. The Morgan fingerprint density at radius 1 is 1.47 bits per heavy atom. The molecule has 0 saturated carbocycles. The third kappa shape index (κ3) is 2.07. The number of carboxylic acids is 1. The Morgan fingerprint density at radius 3 is 3.00 bits per heavy atom. The highest BCUT2D eigenvalue weighted by Crippen LogP contribution is 2.34. The Hall–Kier alpha value is -2.30. The number of hydrogen-bond donors (Lipinski definition) is 1. The number of aromatic nitrogens is 1. The summed E-state index contributed by atoms with van der Waals surface area (Å²) in [6.07, 6.45) is 2.19. The van der Waals surface area contributed by atoms with Crippen molar-refractivity contribution in [1.29, 1.82) is 0 Å². The first-order valence-electron chi connectivity index (χ1n) is 6.19. The summed E-state index contributed by atoms with van der Waals surface area (Å²) in [7, 11) is 0. The van der Waals surface area contributed by atoms with Crippen LogP contribution in [0.5, 0.6) is 0 Å². The first kappa shape index (κ1) is 11.8. The van der Waals surface area contributed by atoms with Crippen LogP contribution in [-0.4, -0.2) is 22.6 Å². The number of aromatic carboxylic acids is 1. The molecule has 5 heteroatoms. The Balaban J connectivity index is 2.02. The number of oxazole rings is 1. The molecule has 0 amide bonds. The number of hydrogen-bond acceptors (Lipinski definition) is 4. The Labute approximate surface area is 110 Å². The predicted octanol–water partition coefficient (Wildman–Crippen LogP) is 2.70. The van der Waals surface area contributed by atoms with E-state index in [2.05, 4.69) is 18.0 Å². The van der Waals surface area contributed by atoms with Crippen molar-refractivity contribution in [3.63, 3.8) is 0 Å². The minimum Gasteiger partial charge on any atom is -0.476 e. The van der Waals surface area contributed by atoms with E-state index in [0.29, 0.717) is 11.9 Å². The predicted molar refractivity (Wildman–Crippen MR) is 69.8 cm³/mol. The largest absolute Gasteiger partial charge is 0.476 e. The first-order chi connectivity index (χ1) is 9.15. The molecule has 0 spiro atoms. The van der Waals surface area contributed by atoms with Gasteiger partial charge in [0, 0.05) is 12.2 Å². The van der Waals surface area contributed by atoms with Gasteiger partial charge >= 0.3 is 12.0 Å². The minimum absolute atomic E-state index is 0.0642. The zero-order valence-electron chi connectivity index (χ0n) is 10.5. The number of carbonyl (C=O) groups is 1. The van der Waals surface area contributed by atoms with E-state index >= 15 is 0 Å². The number of fused-ring (bicyclic) bond motifs is 1. The van der Waals surface area contributed by atoms with Gasteiger partial charge in [0.1, 0.15) is 6.26 Å². The van der Waals surface area contributed by atoms with Crippen LogP contribution < -0.4 is 4.90 Å². The van der Waals surface area contributed by atoms with Gasteiger partial charge in [0.2, 0.25) is 0 Å². The van der Waals surface area contributed by atoms with Crippen molar-refractivity contribution in [1.82, 2.24) is 4.98 Å². The van der Waals surface area contributed by atoms with E-state index in [-0.39, 0.29) is 5.69 Å². The van der Waals surface area contributed by atoms with Crippen LogP contribution in [0.15, 0.2) is 34.9 Å². The summed E-state index contributed by atoms with van der Waals surface area (Å²) in [5.41, 5.74) is 2.21. The maximum atomic E-state index is 10.9. The van der Waals surface area contributed by atoms with Gasteiger partial charge in [-0.25, -0.2) is 4.79 Å². The van der Waals surface area contributed by atoms with Crippen LogP contribution >= 0.6 is 0 Å². The van der Waals surface area contributed by atoms with E-state index in [9.17, 15) is 4.79 Å². The van der Waals surface area contributed by atoms with Crippen LogP contribution in [0.1, 0.15) is 23.0 Å². The second kappa shape index (κ2) is 4.42. The van der Waals surface area contributed by atoms with Crippen LogP contribution in [0.2, 0.25) is 0 Å². The van der Waals surface area contributed by atoms with Crippen molar-refractivity contribution >= 4 is 17.7 Å². The molecule has 0 saturated heterocycles. The Kier molecular flexibility index (Phi) is 2.74. The summed E-state index contributed by atoms with van der Waals surface area (Å²) in [6, 6.07) is 8.40. The molecule has 0 fully saturated rings. The molecule has 0 bridgehead atoms. The zero-order valence-corrected chi connectivity index (χ0v) is 10.5. The molecule has 5 nitrogen and oxygen atoms in total. The smallest absolute Gasteiger partial charge is 0.357 e. The maximum Gasteiger partial charge on any atom is 0.357 e. The van der Waals surface area contributed by atoms with Crippen LogP contribution in [0.3, 0.4) is 0 Å². The first-order valence-corrected chi connectivity index (χ1v) is 6.19. The van der Waals surface area contributed by atoms with Crippen molar-refractivity contribution in [2.45, 2.75) is 13.3 Å². The average Bonchev–Trinajstić information content (AvgIpc) is 2.87. The second-order valence-electron chi connectivity index (χ2n) is 4.87. The number of nitrogens with zero attached hydrogens (tertiary/aromatic N) is 2. The molecular weight excluding hydrogens is 244 g/mol. The summed E-state index contributed by atoms with van der Waals surface area (Å²) in [4.78, 5) is 16.8. The lowest BCUT2D eigenvalue weighted by Gasteiger charge is -2.31. The van der Waals surface area contributed by atoms with Crippen molar-refractivity contribution in [2.24, 2.45) is 5.92 Å². The van der Waals surface area contributed by atoms with Crippen LogP contribution in [0, 0.1) is 5.92 Å². The number of anilines is 2. The molecule has 0 radical (unpaired) electrons. The Bertz CT molecular complexity index is 621. The van der Waals surface area contributed by atoms with Crippen LogP contribution in [-0.2, 0) is 6.42 Å². The minimum atomic E-state index is -1.08. The topological polar surface area (TPSA) is 66.6 Å². The van der Waals surface area contributed by atoms with Gasteiger partial charge in [-0.15, -0.1) is 0 Å². The summed E-state index contributed by atoms with van der Waals surface area (Å²) < 4.78 is 5.30. The van der Waals surface area contributed by atoms with Gasteiger partial charge in [-0.1, -0.05) is 25.1 Å². The van der Waals surface area contributed by atoms with Crippen LogP contribution in [0.4, 0.5) is 11.7 Å². The fourth-order valence-electron chi connectivity index (χ4n) is 2.46. The van der Waals surface area contributed by atoms with E-state index < -0.39 is 5.97 Å². The summed E-state index contributed by atoms with van der Waals surface area (Å²) in [5.74, 6) is -0.608. The standard InChI is InChI=1S/C14H14N2O3/c1-9-6-10-4-2-3-5-12(10)16(7-9)14-15-11(8-19-14)13(17)18/h2-5,8-9H,6-7H2,1H3,(H,17,18). The molecule has 98 valence electrons. The lowest BCUT2D eigenvalue weighted by atomic mass is 9.94. The molecular formula is C14H14N2O3. The molecule has 2 heterocycles. The fourth-order valence-corrected chi connectivity index (χ4v) is 2.46. The third-order valence-electron chi connectivity index (χ3n) is 3.29. The van der Waals surface area contributed by atoms with Crippen LogP contribution in [0.25, 0.3) is 0 Å². The third-order valence-corrected chi connectivity index (χ3v) is 3.29. The van der Waals surface area contributed by atoms with Gasteiger partial charge in [-0.2, -0.15) is 4.98 Å². The van der Waals surface area contributed by atoms with Gasteiger partial charge in [-0.3, -0.25) is 4.90 Å². The van der Waals surface area contributed by atoms with Gasteiger partial charge in [0.15, 0.2) is 5.69 Å². The second-order valence-corrected chi connectivity index (χ2v) is 4.87. The highest BCUT2D eigenvalue weighted by molar-refractivity contribution is 5.85. The van der Waals surface area contributed by atoms with E-state index in [1.807, 2.05) is 23.1 Å². The van der Waals surface area contributed by atoms with Gasteiger partial charge in [0.05, 0.1) is 0 Å². The van der Waals surface area contributed by atoms with E-state index in [1.54, 1.807) is 0 Å². The number of carboxylic acid groups (broad SMARTS) is 1.